The lowest BCUT2D eigenvalue weighted by Gasteiger charge is -2.18. The molecule has 0 saturated heterocycles. The Morgan fingerprint density at radius 1 is 1.04 bits per heavy atom. The predicted octanol–water partition coefficient (Wildman–Crippen LogP) is 4.32. The molecule has 0 bridgehead atoms. The molecule has 0 radical (unpaired) electrons. The molecular weight excluding hydrogens is 300 g/mol. The van der Waals surface area contributed by atoms with Gasteiger partial charge in [0.25, 0.3) is 0 Å². The molecule has 0 atom stereocenters. The summed E-state index contributed by atoms with van der Waals surface area (Å²) in [6.45, 7) is 11.6. The van der Waals surface area contributed by atoms with Crippen LogP contribution in [-0.2, 0) is 17.9 Å². The molecule has 2 aromatic carbocycles. The number of rotatable bonds is 7. The van der Waals surface area contributed by atoms with E-state index in [2.05, 4.69) is 54.4 Å². The summed E-state index contributed by atoms with van der Waals surface area (Å²) in [6.07, 6.45) is -0.375. The first-order valence-electron chi connectivity index (χ1n) is 8.69. The first-order chi connectivity index (χ1) is 11.5. The molecule has 0 aliphatic carbocycles. The highest BCUT2D eigenvalue weighted by Crippen LogP contribution is 2.19. The van der Waals surface area contributed by atoms with E-state index in [1.165, 1.54) is 16.3 Å². The van der Waals surface area contributed by atoms with Crippen LogP contribution in [0.15, 0.2) is 36.4 Å². The Kier molecular flexibility index (Phi) is 6.62. The Hall–Kier alpha value is -2.07. The van der Waals surface area contributed by atoms with Crippen LogP contribution in [0.4, 0.5) is 4.79 Å². The Morgan fingerprint density at radius 2 is 1.62 bits per heavy atom. The van der Waals surface area contributed by atoms with E-state index in [-0.39, 0.29) is 18.7 Å². The summed E-state index contributed by atoms with van der Waals surface area (Å²) in [6, 6.07) is 12.8. The van der Waals surface area contributed by atoms with Crippen LogP contribution in [-0.4, -0.2) is 30.1 Å². The number of benzene rings is 2. The van der Waals surface area contributed by atoms with Gasteiger partial charge in [-0.3, -0.25) is 4.90 Å². The van der Waals surface area contributed by atoms with E-state index in [4.69, 9.17) is 4.74 Å². The lowest BCUT2D eigenvalue weighted by molar-refractivity contribution is 0.137. The largest absolute Gasteiger partial charge is 0.445 e. The van der Waals surface area contributed by atoms with Crippen molar-refractivity contribution < 1.29 is 9.53 Å². The van der Waals surface area contributed by atoms with Gasteiger partial charge in [-0.2, -0.15) is 0 Å². The maximum Gasteiger partial charge on any atom is 0.407 e. The molecule has 0 heterocycles. The van der Waals surface area contributed by atoms with Crippen molar-refractivity contribution in [3.63, 3.8) is 0 Å². The smallest absolute Gasteiger partial charge is 0.407 e. The summed E-state index contributed by atoms with van der Waals surface area (Å²) < 4.78 is 5.24. The number of fused-ring (bicyclic) bond motifs is 1. The fourth-order valence-electron chi connectivity index (χ4n) is 2.66. The second-order valence-electron chi connectivity index (χ2n) is 6.35. The van der Waals surface area contributed by atoms with Crippen LogP contribution in [0.1, 0.15) is 38.8 Å². The monoisotopic (exact) mass is 328 g/mol. The maximum atomic E-state index is 11.6. The Balaban J connectivity index is 2.05. The molecule has 0 spiro atoms. The standard InChI is InChI=1S/C20H28N2O2/c1-5-22(6-2)13-16-7-9-19-12-17(8-10-18(19)11-16)14-24-20(23)21-15(3)4/h7-12,15H,5-6,13-14H2,1-4H3,(H,21,23). The van der Waals surface area contributed by atoms with Crippen LogP contribution in [0.25, 0.3) is 10.8 Å². The van der Waals surface area contributed by atoms with E-state index >= 15 is 0 Å². The van der Waals surface area contributed by atoms with Gasteiger partial charge in [-0.05, 0) is 61.0 Å². The zero-order valence-electron chi connectivity index (χ0n) is 15.1. The summed E-state index contributed by atoms with van der Waals surface area (Å²) in [7, 11) is 0. The molecule has 1 N–H and O–H groups in total. The minimum atomic E-state index is -0.375. The van der Waals surface area contributed by atoms with Crippen molar-refractivity contribution in [2.24, 2.45) is 0 Å². The molecule has 4 nitrogen and oxygen atoms in total. The van der Waals surface area contributed by atoms with Crippen molar-refractivity contribution in [2.75, 3.05) is 13.1 Å². The van der Waals surface area contributed by atoms with E-state index in [1.54, 1.807) is 0 Å². The molecule has 0 unspecified atom stereocenters. The van der Waals surface area contributed by atoms with Crippen molar-refractivity contribution in [3.8, 4) is 0 Å². The number of carbonyl (C=O) groups is 1. The zero-order valence-corrected chi connectivity index (χ0v) is 15.1. The third-order valence-electron chi connectivity index (χ3n) is 4.05. The van der Waals surface area contributed by atoms with Crippen molar-refractivity contribution in [3.05, 3.63) is 47.5 Å². The van der Waals surface area contributed by atoms with Crippen molar-refractivity contribution >= 4 is 16.9 Å². The molecule has 130 valence electrons. The zero-order chi connectivity index (χ0) is 17.5. The average molecular weight is 328 g/mol. The van der Waals surface area contributed by atoms with E-state index in [9.17, 15) is 4.79 Å². The third-order valence-corrected chi connectivity index (χ3v) is 4.05. The van der Waals surface area contributed by atoms with Crippen molar-refractivity contribution in [2.45, 2.75) is 46.9 Å². The Bertz CT molecular complexity index is 678. The molecule has 24 heavy (non-hydrogen) atoms. The van der Waals surface area contributed by atoms with Gasteiger partial charge in [0.2, 0.25) is 0 Å². The SMILES string of the molecule is CCN(CC)Cc1ccc2cc(COC(=O)NC(C)C)ccc2c1. The van der Waals surface area contributed by atoms with E-state index in [0.29, 0.717) is 0 Å². The van der Waals surface area contributed by atoms with Gasteiger partial charge in [0.15, 0.2) is 0 Å². The average Bonchev–Trinajstić information content (AvgIpc) is 2.57. The quantitative estimate of drug-likeness (QED) is 0.823. The highest BCUT2D eigenvalue weighted by atomic mass is 16.5. The highest BCUT2D eigenvalue weighted by molar-refractivity contribution is 5.83. The van der Waals surface area contributed by atoms with Crippen LogP contribution in [0.2, 0.25) is 0 Å². The third kappa shape index (κ3) is 5.24. The molecule has 0 aliphatic rings. The second kappa shape index (κ2) is 8.69. The van der Waals surface area contributed by atoms with Gasteiger partial charge in [-0.1, -0.05) is 38.1 Å². The van der Waals surface area contributed by atoms with Gasteiger partial charge in [-0.25, -0.2) is 4.79 Å². The van der Waals surface area contributed by atoms with Gasteiger partial charge in [0.05, 0.1) is 0 Å². The topological polar surface area (TPSA) is 41.6 Å². The fourth-order valence-corrected chi connectivity index (χ4v) is 2.66. The van der Waals surface area contributed by atoms with Crippen LogP contribution in [0.3, 0.4) is 0 Å². The van der Waals surface area contributed by atoms with Gasteiger partial charge >= 0.3 is 6.09 Å². The van der Waals surface area contributed by atoms with Gasteiger partial charge < -0.3 is 10.1 Å². The first-order valence-corrected chi connectivity index (χ1v) is 8.69. The normalized spacial score (nSPS) is 11.2. The Labute approximate surface area is 144 Å². The van der Waals surface area contributed by atoms with E-state index in [0.717, 1.165) is 25.2 Å². The van der Waals surface area contributed by atoms with Crippen LogP contribution < -0.4 is 5.32 Å². The molecule has 0 fully saturated rings. The van der Waals surface area contributed by atoms with Gasteiger partial charge in [0.1, 0.15) is 6.61 Å². The Morgan fingerprint density at radius 3 is 2.21 bits per heavy atom. The first kappa shape index (κ1) is 18.3. The van der Waals surface area contributed by atoms with Gasteiger partial charge in [0, 0.05) is 12.6 Å². The molecule has 0 saturated carbocycles. The second-order valence-corrected chi connectivity index (χ2v) is 6.35. The van der Waals surface area contributed by atoms with E-state index < -0.39 is 0 Å². The number of carbonyl (C=O) groups excluding carboxylic acids is 1. The van der Waals surface area contributed by atoms with Crippen molar-refractivity contribution in [1.29, 1.82) is 0 Å². The lowest BCUT2D eigenvalue weighted by Crippen LogP contribution is -2.30. The number of amides is 1. The summed E-state index contributed by atoms with van der Waals surface area (Å²) in [4.78, 5) is 14.0. The molecule has 4 heteroatoms. The summed E-state index contributed by atoms with van der Waals surface area (Å²) in [5, 5.41) is 5.11. The van der Waals surface area contributed by atoms with Crippen LogP contribution in [0, 0.1) is 0 Å². The number of nitrogens with one attached hydrogen (secondary N) is 1. The van der Waals surface area contributed by atoms with Crippen LogP contribution in [0.5, 0.6) is 0 Å². The molecule has 0 aliphatic heterocycles. The lowest BCUT2D eigenvalue weighted by atomic mass is 10.0. The molecule has 2 rings (SSSR count). The summed E-state index contributed by atoms with van der Waals surface area (Å²) in [5.41, 5.74) is 2.32. The number of alkyl carbamates (subject to hydrolysis) is 1. The molecule has 0 aromatic heterocycles. The number of ether oxygens (including phenoxy) is 1. The fraction of sp³-hybridized carbons (Fsp3) is 0.450. The van der Waals surface area contributed by atoms with E-state index in [1.807, 2.05) is 19.9 Å². The highest BCUT2D eigenvalue weighted by Gasteiger charge is 2.06. The molecule has 2 aromatic rings. The predicted molar refractivity (Wildman–Crippen MR) is 99.0 cm³/mol. The van der Waals surface area contributed by atoms with Crippen molar-refractivity contribution in [1.82, 2.24) is 10.2 Å². The molecular formula is C20H28N2O2. The molecule has 1 amide bonds. The minimum absolute atomic E-state index is 0.0818. The summed E-state index contributed by atoms with van der Waals surface area (Å²) in [5.74, 6) is 0. The maximum absolute atomic E-state index is 11.6. The van der Waals surface area contributed by atoms with Crippen LogP contribution >= 0.6 is 0 Å². The number of hydrogen-bond donors (Lipinski definition) is 1. The minimum Gasteiger partial charge on any atom is -0.445 e. The summed E-state index contributed by atoms with van der Waals surface area (Å²) >= 11 is 0. The number of nitrogens with zero attached hydrogens (tertiary/aromatic N) is 1. The van der Waals surface area contributed by atoms with Gasteiger partial charge in [-0.15, -0.1) is 0 Å². The number of hydrogen-bond acceptors (Lipinski definition) is 3.